The third-order valence-corrected chi connectivity index (χ3v) is 4.00. The van der Waals surface area contributed by atoms with Gasteiger partial charge in [-0.3, -0.25) is 0 Å². The average Bonchev–Trinajstić information content (AvgIpc) is 2.88. The van der Waals surface area contributed by atoms with E-state index in [1.165, 1.54) is 18.4 Å². The minimum absolute atomic E-state index is 0.0345. The predicted octanol–water partition coefficient (Wildman–Crippen LogP) is 4.17. The van der Waals surface area contributed by atoms with Gasteiger partial charge in [-0.25, -0.2) is 0 Å². The van der Waals surface area contributed by atoms with Gasteiger partial charge in [-0.05, 0) is 42.7 Å². The van der Waals surface area contributed by atoms with E-state index in [0.717, 1.165) is 18.4 Å². The largest absolute Gasteiger partial charge is 0.403 e. The molecule has 2 rings (SSSR count). The Morgan fingerprint density at radius 2 is 1.79 bits per heavy atom. The summed E-state index contributed by atoms with van der Waals surface area (Å²) in [5.41, 5.74) is 7.44. The Morgan fingerprint density at radius 1 is 1.16 bits per heavy atom. The van der Waals surface area contributed by atoms with E-state index < -0.39 is 12.2 Å². The molecule has 0 amide bonds. The molecule has 0 saturated heterocycles. The van der Waals surface area contributed by atoms with Crippen molar-refractivity contribution in [1.29, 1.82) is 0 Å². The summed E-state index contributed by atoms with van der Waals surface area (Å²) in [6, 6.07) is 6.15. The van der Waals surface area contributed by atoms with E-state index in [9.17, 15) is 13.2 Å². The van der Waals surface area contributed by atoms with Gasteiger partial charge in [0.15, 0.2) is 0 Å². The summed E-state index contributed by atoms with van der Waals surface area (Å²) in [6.45, 7) is 0. The summed E-state index contributed by atoms with van der Waals surface area (Å²) in [5, 5.41) is 0. The minimum atomic E-state index is -4.29. The Morgan fingerprint density at radius 3 is 2.42 bits per heavy atom. The first-order valence-electron chi connectivity index (χ1n) is 6.88. The second-order valence-corrected chi connectivity index (χ2v) is 5.37. The molecule has 1 saturated carbocycles. The Labute approximate surface area is 112 Å². The summed E-state index contributed by atoms with van der Waals surface area (Å²) in [6.07, 6.45) is 0.843. The molecule has 1 atom stereocenters. The van der Waals surface area contributed by atoms with Gasteiger partial charge in [0.05, 0.1) is 0 Å². The molecule has 1 nitrogen and oxygen atoms in total. The van der Waals surface area contributed by atoms with Gasteiger partial charge in [-0.2, -0.15) is 13.2 Å². The standard InChI is InChI=1S/C15H20F3N/c16-15(17,18)14(19)10-9-12-7-3-4-8-13(12)11-5-1-2-6-11/h3-4,7-8,11,14H,1-2,5-6,9-10,19H2. The van der Waals surface area contributed by atoms with Crippen LogP contribution in [0.15, 0.2) is 24.3 Å². The topological polar surface area (TPSA) is 26.0 Å². The fourth-order valence-electron chi connectivity index (χ4n) is 2.87. The lowest BCUT2D eigenvalue weighted by atomic mass is 9.90. The molecule has 0 aliphatic heterocycles. The number of halogens is 3. The zero-order valence-electron chi connectivity index (χ0n) is 10.9. The molecule has 0 heterocycles. The summed E-state index contributed by atoms with van der Waals surface area (Å²) in [4.78, 5) is 0. The maximum absolute atomic E-state index is 12.4. The smallest absolute Gasteiger partial charge is 0.320 e. The van der Waals surface area contributed by atoms with Crippen LogP contribution in [0.3, 0.4) is 0 Å². The highest BCUT2D eigenvalue weighted by Gasteiger charge is 2.36. The third-order valence-electron chi connectivity index (χ3n) is 4.00. The number of nitrogens with two attached hydrogens (primary N) is 1. The molecule has 19 heavy (non-hydrogen) atoms. The monoisotopic (exact) mass is 271 g/mol. The molecule has 1 aromatic carbocycles. The molecular formula is C15H20F3N. The van der Waals surface area contributed by atoms with E-state index >= 15 is 0 Å². The first-order valence-corrected chi connectivity index (χ1v) is 6.88. The summed E-state index contributed by atoms with van der Waals surface area (Å²) in [5.74, 6) is 0.526. The number of hydrogen-bond donors (Lipinski definition) is 1. The van der Waals surface area contributed by atoms with Crippen molar-refractivity contribution in [2.45, 2.75) is 56.7 Å². The van der Waals surface area contributed by atoms with E-state index in [0.29, 0.717) is 12.3 Å². The SMILES string of the molecule is NC(CCc1ccccc1C1CCCC1)C(F)(F)F. The normalized spacial score (nSPS) is 18.7. The first kappa shape index (κ1) is 14.4. The van der Waals surface area contributed by atoms with Crippen molar-refractivity contribution in [1.82, 2.24) is 0 Å². The molecule has 0 bridgehead atoms. The van der Waals surface area contributed by atoms with E-state index in [-0.39, 0.29) is 6.42 Å². The summed E-state index contributed by atoms with van der Waals surface area (Å²) < 4.78 is 37.3. The lowest BCUT2D eigenvalue weighted by molar-refractivity contribution is -0.148. The molecular weight excluding hydrogens is 251 g/mol. The fraction of sp³-hybridized carbons (Fsp3) is 0.600. The van der Waals surface area contributed by atoms with Gasteiger partial charge in [0.1, 0.15) is 6.04 Å². The van der Waals surface area contributed by atoms with Crippen molar-refractivity contribution < 1.29 is 13.2 Å². The molecule has 1 fully saturated rings. The van der Waals surface area contributed by atoms with Gasteiger partial charge >= 0.3 is 6.18 Å². The van der Waals surface area contributed by atoms with Crippen molar-refractivity contribution >= 4 is 0 Å². The van der Waals surface area contributed by atoms with Gasteiger partial charge in [-0.1, -0.05) is 37.1 Å². The van der Waals surface area contributed by atoms with Crippen molar-refractivity contribution in [2.75, 3.05) is 0 Å². The molecule has 1 aromatic rings. The van der Waals surface area contributed by atoms with Crippen molar-refractivity contribution in [3.63, 3.8) is 0 Å². The molecule has 0 aromatic heterocycles. The number of aryl methyl sites for hydroxylation is 1. The zero-order chi connectivity index (χ0) is 13.9. The van der Waals surface area contributed by atoms with E-state index in [2.05, 4.69) is 6.07 Å². The fourth-order valence-corrected chi connectivity index (χ4v) is 2.87. The van der Waals surface area contributed by atoms with Crippen molar-refractivity contribution in [2.24, 2.45) is 5.73 Å². The van der Waals surface area contributed by atoms with E-state index in [1.54, 1.807) is 0 Å². The van der Waals surface area contributed by atoms with Crippen LogP contribution < -0.4 is 5.73 Å². The summed E-state index contributed by atoms with van der Waals surface area (Å²) >= 11 is 0. The van der Waals surface area contributed by atoms with Crippen LogP contribution in [0.1, 0.15) is 49.1 Å². The van der Waals surface area contributed by atoms with Crippen molar-refractivity contribution in [3.8, 4) is 0 Å². The third kappa shape index (κ3) is 3.72. The first-order chi connectivity index (χ1) is 8.98. The average molecular weight is 271 g/mol. The van der Waals surface area contributed by atoms with Crippen LogP contribution in [-0.4, -0.2) is 12.2 Å². The van der Waals surface area contributed by atoms with E-state index in [4.69, 9.17) is 5.73 Å². The molecule has 1 aliphatic rings. The molecule has 1 unspecified atom stereocenters. The second-order valence-electron chi connectivity index (χ2n) is 5.37. The molecule has 0 spiro atoms. The van der Waals surface area contributed by atoms with Crippen LogP contribution in [0.25, 0.3) is 0 Å². The molecule has 4 heteroatoms. The Balaban J connectivity index is 2.04. The van der Waals surface area contributed by atoms with Crippen LogP contribution in [0.2, 0.25) is 0 Å². The highest BCUT2D eigenvalue weighted by Crippen LogP contribution is 2.36. The van der Waals surface area contributed by atoms with Gasteiger partial charge in [-0.15, -0.1) is 0 Å². The minimum Gasteiger partial charge on any atom is -0.320 e. The van der Waals surface area contributed by atoms with Crippen LogP contribution >= 0.6 is 0 Å². The highest BCUT2D eigenvalue weighted by atomic mass is 19.4. The molecule has 106 valence electrons. The molecule has 2 N–H and O–H groups in total. The quantitative estimate of drug-likeness (QED) is 0.874. The Bertz CT molecular complexity index is 408. The van der Waals surface area contributed by atoms with Gasteiger partial charge in [0.25, 0.3) is 0 Å². The maximum atomic E-state index is 12.4. The lowest BCUT2D eigenvalue weighted by Crippen LogP contribution is -2.37. The van der Waals surface area contributed by atoms with Gasteiger partial charge in [0.2, 0.25) is 0 Å². The van der Waals surface area contributed by atoms with Gasteiger partial charge < -0.3 is 5.73 Å². The molecule has 1 aliphatic carbocycles. The predicted molar refractivity (Wildman–Crippen MR) is 70.0 cm³/mol. The lowest BCUT2D eigenvalue weighted by Gasteiger charge is -2.18. The van der Waals surface area contributed by atoms with E-state index in [1.807, 2.05) is 18.2 Å². The zero-order valence-corrected chi connectivity index (χ0v) is 10.9. The van der Waals surface area contributed by atoms with Crippen LogP contribution in [0, 0.1) is 0 Å². The van der Waals surface area contributed by atoms with Crippen molar-refractivity contribution in [3.05, 3.63) is 35.4 Å². The van der Waals surface area contributed by atoms with Crippen LogP contribution in [-0.2, 0) is 6.42 Å². The number of hydrogen-bond acceptors (Lipinski definition) is 1. The Kier molecular flexibility index (Phi) is 4.50. The maximum Gasteiger partial charge on any atom is 0.403 e. The number of benzene rings is 1. The van der Waals surface area contributed by atoms with Gasteiger partial charge in [0, 0.05) is 0 Å². The number of rotatable bonds is 4. The summed E-state index contributed by atoms with van der Waals surface area (Å²) in [7, 11) is 0. The molecule has 0 radical (unpaired) electrons. The van der Waals surface area contributed by atoms with Crippen LogP contribution in [0.4, 0.5) is 13.2 Å². The van der Waals surface area contributed by atoms with Crippen LogP contribution in [0.5, 0.6) is 0 Å². The Hall–Kier alpha value is -1.03. The second kappa shape index (κ2) is 5.95. The highest BCUT2D eigenvalue weighted by molar-refractivity contribution is 5.31. The number of alkyl halides is 3.